The summed E-state index contributed by atoms with van der Waals surface area (Å²) in [4.78, 5) is 14.0. The summed E-state index contributed by atoms with van der Waals surface area (Å²) in [6, 6.07) is 7.45. The van der Waals surface area contributed by atoms with Crippen LogP contribution in [0.5, 0.6) is 0 Å². The van der Waals surface area contributed by atoms with E-state index in [1.807, 2.05) is 26.2 Å². The van der Waals surface area contributed by atoms with Crippen LogP contribution in [0.1, 0.15) is 38.2 Å². The van der Waals surface area contributed by atoms with Crippen LogP contribution in [-0.2, 0) is 14.8 Å². The molecule has 0 bridgehead atoms. The third-order valence-corrected chi connectivity index (χ3v) is 5.09. The number of nitrogens with one attached hydrogen (secondary N) is 1. The van der Waals surface area contributed by atoms with Gasteiger partial charge in [-0.1, -0.05) is 26.0 Å². The summed E-state index contributed by atoms with van der Waals surface area (Å²) in [5.41, 5.74) is 1.74. The first-order chi connectivity index (χ1) is 11.6. The zero-order valence-corrected chi connectivity index (χ0v) is 16.8. The molecule has 0 fully saturated rings. The fourth-order valence-electron chi connectivity index (χ4n) is 2.43. The molecule has 0 spiro atoms. The highest BCUT2D eigenvalue weighted by Gasteiger charge is 2.18. The lowest BCUT2D eigenvalue weighted by Gasteiger charge is -2.22. The van der Waals surface area contributed by atoms with Gasteiger partial charge < -0.3 is 10.2 Å². The number of carbonyl (C=O) groups is 1. The summed E-state index contributed by atoms with van der Waals surface area (Å²) >= 11 is 0. The van der Waals surface area contributed by atoms with Gasteiger partial charge in [-0.05, 0) is 50.7 Å². The molecule has 0 aromatic heterocycles. The van der Waals surface area contributed by atoms with E-state index in [2.05, 4.69) is 24.1 Å². The van der Waals surface area contributed by atoms with Crippen molar-refractivity contribution < 1.29 is 13.2 Å². The first-order valence-corrected chi connectivity index (χ1v) is 10.4. The number of benzene rings is 1. The monoisotopic (exact) mass is 369 g/mol. The minimum absolute atomic E-state index is 0.133. The summed E-state index contributed by atoms with van der Waals surface area (Å²) in [7, 11) is 0.529. The summed E-state index contributed by atoms with van der Waals surface area (Å²) < 4.78 is 25.5. The van der Waals surface area contributed by atoms with Crippen molar-refractivity contribution in [3.8, 4) is 0 Å². The van der Waals surface area contributed by atoms with Crippen LogP contribution in [0.3, 0.4) is 0 Å². The first-order valence-electron chi connectivity index (χ1n) is 8.60. The van der Waals surface area contributed by atoms with Gasteiger partial charge in [0, 0.05) is 19.5 Å². The van der Waals surface area contributed by atoms with Crippen molar-refractivity contribution >= 4 is 21.6 Å². The number of amides is 1. The molecule has 0 aliphatic rings. The molecule has 1 aromatic rings. The van der Waals surface area contributed by atoms with Crippen LogP contribution in [0.2, 0.25) is 0 Å². The number of sulfonamides is 1. The van der Waals surface area contributed by atoms with Crippen molar-refractivity contribution in [2.75, 3.05) is 44.3 Å². The van der Waals surface area contributed by atoms with E-state index in [0.717, 1.165) is 18.5 Å². The Bertz CT molecular complexity index is 640. The van der Waals surface area contributed by atoms with Gasteiger partial charge in [0.25, 0.3) is 0 Å². The minimum Gasteiger partial charge on any atom is -0.356 e. The van der Waals surface area contributed by atoms with E-state index >= 15 is 0 Å². The molecule has 0 heterocycles. The number of hydrogen-bond donors (Lipinski definition) is 1. The SMILES string of the molecule is CC(C)c1ccc(N(CCC(=O)NCCCN(C)C)S(C)(=O)=O)cc1. The third kappa shape index (κ3) is 7.88. The fraction of sp³-hybridized carbons (Fsp3) is 0.611. The zero-order valence-electron chi connectivity index (χ0n) is 15.9. The van der Waals surface area contributed by atoms with E-state index in [0.29, 0.717) is 18.2 Å². The Morgan fingerprint density at radius 1 is 1.12 bits per heavy atom. The second-order valence-corrected chi connectivity index (χ2v) is 8.74. The van der Waals surface area contributed by atoms with Crippen molar-refractivity contribution in [2.45, 2.75) is 32.6 Å². The molecule has 1 aromatic carbocycles. The lowest BCUT2D eigenvalue weighted by atomic mass is 10.0. The van der Waals surface area contributed by atoms with Gasteiger partial charge in [0.15, 0.2) is 0 Å². The number of carbonyl (C=O) groups excluding carboxylic acids is 1. The maximum absolute atomic E-state index is 12.1. The second kappa shape index (κ2) is 9.77. The van der Waals surface area contributed by atoms with Crippen LogP contribution in [0.25, 0.3) is 0 Å². The summed E-state index contributed by atoms with van der Waals surface area (Å²) in [6.07, 6.45) is 2.17. The smallest absolute Gasteiger partial charge is 0.232 e. The van der Waals surface area contributed by atoms with E-state index in [-0.39, 0.29) is 18.9 Å². The summed E-state index contributed by atoms with van der Waals surface area (Å²) in [5.74, 6) is 0.250. The van der Waals surface area contributed by atoms with Gasteiger partial charge in [-0.25, -0.2) is 8.42 Å². The topological polar surface area (TPSA) is 69.7 Å². The Balaban J connectivity index is 2.64. The highest BCUT2D eigenvalue weighted by Crippen LogP contribution is 2.22. The van der Waals surface area contributed by atoms with Gasteiger partial charge in [-0.3, -0.25) is 9.10 Å². The van der Waals surface area contributed by atoms with Crippen LogP contribution >= 0.6 is 0 Å². The van der Waals surface area contributed by atoms with E-state index in [4.69, 9.17) is 0 Å². The molecule has 0 saturated heterocycles. The quantitative estimate of drug-likeness (QED) is 0.641. The molecular weight excluding hydrogens is 338 g/mol. The highest BCUT2D eigenvalue weighted by atomic mass is 32.2. The Hall–Kier alpha value is -1.60. The van der Waals surface area contributed by atoms with Crippen molar-refractivity contribution in [2.24, 2.45) is 0 Å². The fourth-order valence-corrected chi connectivity index (χ4v) is 3.35. The predicted molar refractivity (Wildman–Crippen MR) is 104 cm³/mol. The third-order valence-electron chi connectivity index (χ3n) is 3.89. The molecule has 142 valence electrons. The van der Waals surface area contributed by atoms with Crippen LogP contribution in [0.15, 0.2) is 24.3 Å². The number of rotatable bonds is 10. The Labute approximate surface area is 152 Å². The maximum atomic E-state index is 12.1. The maximum Gasteiger partial charge on any atom is 0.232 e. The van der Waals surface area contributed by atoms with Crippen molar-refractivity contribution in [3.05, 3.63) is 29.8 Å². The van der Waals surface area contributed by atoms with Crippen LogP contribution < -0.4 is 9.62 Å². The largest absolute Gasteiger partial charge is 0.356 e. The molecule has 1 amide bonds. The van der Waals surface area contributed by atoms with Gasteiger partial charge in [0.1, 0.15) is 0 Å². The molecule has 1 rings (SSSR count). The molecule has 0 unspecified atom stereocenters. The molecule has 0 aliphatic carbocycles. The van der Waals surface area contributed by atoms with E-state index in [1.165, 1.54) is 10.6 Å². The van der Waals surface area contributed by atoms with Gasteiger partial charge in [0.2, 0.25) is 15.9 Å². The lowest BCUT2D eigenvalue weighted by molar-refractivity contribution is -0.120. The number of hydrogen-bond acceptors (Lipinski definition) is 4. The summed E-state index contributed by atoms with van der Waals surface area (Å²) in [5, 5.41) is 2.83. The molecule has 1 N–H and O–H groups in total. The Kier molecular flexibility index (Phi) is 8.38. The number of anilines is 1. The first kappa shape index (κ1) is 21.4. The molecular formula is C18H31N3O3S. The van der Waals surface area contributed by atoms with Crippen molar-refractivity contribution in [1.29, 1.82) is 0 Å². The van der Waals surface area contributed by atoms with Crippen LogP contribution in [-0.4, -0.2) is 59.2 Å². The van der Waals surface area contributed by atoms with E-state index in [9.17, 15) is 13.2 Å². The molecule has 0 saturated carbocycles. The highest BCUT2D eigenvalue weighted by molar-refractivity contribution is 7.92. The Morgan fingerprint density at radius 2 is 1.72 bits per heavy atom. The Morgan fingerprint density at radius 3 is 2.20 bits per heavy atom. The van der Waals surface area contributed by atoms with Gasteiger partial charge in [-0.15, -0.1) is 0 Å². The molecule has 7 heteroatoms. The standard InChI is InChI=1S/C18H31N3O3S/c1-15(2)16-7-9-17(10-8-16)21(25(5,23)24)14-11-18(22)19-12-6-13-20(3)4/h7-10,15H,6,11-14H2,1-5H3,(H,19,22). The van der Waals surface area contributed by atoms with E-state index < -0.39 is 10.0 Å². The second-order valence-electron chi connectivity index (χ2n) is 6.84. The minimum atomic E-state index is -3.44. The normalized spacial score (nSPS) is 11.8. The lowest BCUT2D eigenvalue weighted by Crippen LogP contribution is -2.35. The van der Waals surface area contributed by atoms with Crippen molar-refractivity contribution in [1.82, 2.24) is 10.2 Å². The molecule has 0 radical (unpaired) electrons. The van der Waals surface area contributed by atoms with Crippen LogP contribution in [0, 0.1) is 0 Å². The van der Waals surface area contributed by atoms with E-state index in [1.54, 1.807) is 12.1 Å². The zero-order chi connectivity index (χ0) is 19.0. The summed E-state index contributed by atoms with van der Waals surface area (Å²) in [6.45, 7) is 5.81. The van der Waals surface area contributed by atoms with Gasteiger partial charge >= 0.3 is 0 Å². The van der Waals surface area contributed by atoms with Crippen LogP contribution in [0.4, 0.5) is 5.69 Å². The predicted octanol–water partition coefficient (Wildman–Crippen LogP) is 2.03. The van der Waals surface area contributed by atoms with Gasteiger partial charge in [-0.2, -0.15) is 0 Å². The molecule has 25 heavy (non-hydrogen) atoms. The molecule has 6 nitrogen and oxygen atoms in total. The van der Waals surface area contributed by atoms with Gasteiger partial charge in [0.05, 0.1) is 11.9 Å². The van der Waals surface area contributed by atoms with Crippen molar-refractivity contribution in [3.63, 3.8) is 0 Å². The molecule has 0 aliphatic heterocycles. The average Bonchev–Trinajstić information content (AvgIpc) is 2.50. The number of nitrogens with zero attached hydrogens (tertiary/aromatic N) is 2. The average molecular weight is 370 g/mol. The molecule has 0 atom stereocenters.